The van der Waals surface area contributed by atoms with Gasteiger partial charge in [-0.2, -0.15) is 4.99 Å². The van der Waals surface area contributed by atoms with Crippen LogP contribution in [0, 0.1) is 0 Å². The van der Waals surface area contributed by atoms with Gasteiger partial charge in [-0.1, -0.05) is 96.5 Å². The Morgan fingerprint density at radius 1 is 0.714 bits per heavy atom. The first-order valence-electron chi connectivity index (χ1n) is 9.13. The largest absolute Gasteiger partial charge is 0.239 e. The topological polar surface area (TPSA) is 29.4 Å². The van der Waals surface area contributed by atoms with Crippen LogP contribution in [0.25, 0.3) is 0 Å². The molecule has 0 aliphatic heterocycles. The quantitative estimate of drug-likeness (QED) is 0.177. The van der Waals surface area contributed by atoms with E-state index >= 15 is 0 Å². The molecule has 0 saturated heterocycles. The van der Waals surface area contributed by atoms with Crippen LogP contribution in [0.2, 0.25) is 0 Å². The Labute approximate surface area is 132 Å². The van der Waals surface area contributed by atoms with Crippen molar-refractivity contribution in [1.29, 1.82) is 0 Å². The number of hydrogen-bond acceptors (Lipinski definition) is 2. The monoisotopic (exact) mass is 293 g/mol. The van der Waals surface area contributed by atoms with Crippen LogP contribution in [0.15, 0.2) is 17.3 Å². The second kappa shape index (κ2) is 19.1. The third-order valence-electron chi connectivity index (χ3n) is 3.96. The van der Waals surface area contributed by atoms with Crippen molar-refractivity contribution in [2.75, 3.05) is 0 Å². The summed E-state index contributed by atoms with van der Waals surface area (Å²) in [6.45, 7) is 2.28. The van der Waals surface area contributed by atoms with E-state index in [1.165, 1.54) is 96.0 Å². The highest BCUT2D eigenvalue weighted by Crippen LogP contribution is 2.13. The molecule has 2 heteroatoms. The van der Waals surface area contributed by atoms with Gasteiger partial charge in [-0.25, -0.2) is 4.79 Å². The molecular weight excluding hydrogens is 258 g/mol. The maximum atomic E-state index is 9.82. The zero-order valence-corrected chi connectivity index (χ0v) is 14.1. The summed E-state index contributed by atoms with van der Waals surface area (Å²) in [4.78, 5) is 13.2. The number of carbonyl (C=O) groups excluding carboxylic acids is 1. The molecule has 0 bridgehead atoms. The van der Waals surface area contributed by atoms with Crippen molar-refractivity contribution in [3.05, 3.63) is 12.3 Å². The van der Waals surface area contributed by atoms with Crippen LogP contribution in [0.4, 0.5) is 0 Å². The van der Waals surface area contributed by atoms with Gasteiger partial charge in [-0.3, -0.25) is 0 Å². The Bertz CT molecular complexity index is 267. The van der Waals surface area contributed by atoms with E-state index in [1.54, 1.807) is 6.20 Å². The summed E-state index contributed by atoms with van der Waals surface area (Å²) >= 11 is 0. The fourth-order valence-electron chi connectivity index (χ4n) is 2.61. The number of hydrogen-bond donors (Lipinski definition) is 0. The third kappa shape index (κ3) is 19.1. The first kappa shape index (κ1) is 20.1. The SMILES string of the molecule is CCCCCCCCCCCCCCCCC=CN=C=O. The van der Waals surface area contributed by atoms with E-state index in [9.17, 15) is 4.79 Å². The predicted molar refractivity (Wildman–Crippen MR) is 92.2 cm³/mol. The van der Waals surface area contributed by atoms with E-state index in [0.717, 1.165) is 6.42 Å². The highest BCUT2D eigenvalue weighted by Gasteiger charge is 1.93. The lowest BCUT2D eigenvalue weighted by molar-refractivity contribution is 0.536. The van der Waals surface area contributed by atoms with E-state index < -0.39 is 0 Å². The summed E-state index contributed by atoms with van der Waals surface area (Å²) in [5.41, 5.74) is 0. The fourth-order valence-corrected chi connectivity index (χ4v) is 2.61. The predicted octanol–water partition coefficient (Wildman–Crippen LogP) is 6.71. The number of unbranched alkanes of at least 4 members (excludes halogenated alkanes) is 14. The highest BCUT2D eigenvalue weighted by molar-refractivity contribution is 5.34. The Morgan fingerprint density at radius 3 is 1.57 bits per heavy atom. The molecular formula is C19H35NO. The molecule has 0 N–H and O–H groups in total. The number of rotatable bonds is 16. The zero-order chi connectivity index (χ0) is 15.4. The standard InChI is InChI=1S/C19H35NO/c1-2-3-4-5-6-7-8-9-10-11-12-13-14-15-16-17-18-20-19-21/h17-18H,2-16H2,1H3. The van der Waals surface area contributed by atoms with Gasteiger partial charge in [0.15, 0.2) is 0 Å². The molecule has 0 saturated carbocycles. The molecule has 0 spiro atoms. The van der Waals surface area contributed by atoms with Crippen molar-refractivity contribution >= 4 is 6.08 Å². The molecule has 0 atom stereocenters. The van der Waals surface area contributed by atoms with Crippen LogP contribution >= 0.6 is 0 Å². The van der Waals surface area contributed by atoms with E-state index in [2.05, 4.69) is 11.9 Å². The van der Waals surface area contributed by atoms with E-state index in [1.807, 2.05) is 6.08 Å². The van der Waals surface area contributed by atoms with Gasteiger partial charge < -0.3 is 0 Å². The molecule has 0 rings (SSSR count). The highest BCUT2D eigenvalue weighted by atomic mass is 16.1. The van der Waals surface area contributed by atoms with Crippen LogP contribution in [0.1, 0.15) is 103 Å². The third-order valence-corrected chi connectivity index (χ3v) is 3.96. The van der Waals surface area contributed by atoms with Crippen molar-refractivity contribution in [2.24, 2.45) is 4.99 Å². The average molecular weight is 293 g/mol. The van der Waals surface area contributed by atoms with Crippen molar-refractivity contribution in [3.63, 3.8) is 0 Å². The van der Waals surface area contributed by atoms with Crippen LogP contribution in [-0.4, -0.2) is 6.08 Å². The summed E-state index contributed by atoms with van der Waals surface area (Å²) < 4.78 is 0. The summed E-state index contributed by atoms with van der Waals surface area (Å²) in [5.74, 6) is 0. The Kier molecular flexibility index (Phi) is 18.3. The first-order valence-corrected chi connectivity index (χ1v) is 9.13. The number of aliphatic imine (C=N–C) groups is 1. The molecule has 0 aromatic carbocycles. The number of isocyanates is 1. The molecule has 21 heavy (non-hydrogen) atoms. The van der Waals surface area contributed by atoms with E-state index in [0.29, 0.717) is 0 Å². The van der Waals surface area contributed by atoms with Crippen molar-refractivity contribution < 1.29 is 4.79 Å². The van der Waals surface area contributed by atoms with Gasteiger partial charge in [0.25, 0.3) is 0 Å². The van der Waals surface area contributed by atoms with Crippen LogP contribution in [0.5, 0.6) is 0 Å². The van der Waals surface area contributed by atoms with Gasteiger partial charge in [0.2, 0.25) is 6.08 Å². The minimum absolute atomic E-state index is 1.03. The summed E-state index contributed by atoms with van der Waals surface area (Å²) in [5, 5.41) is 0. The van der Waals surface area contributed by atoms with Crippen LogP contribution in [0.3, 0.4) is 0 Å². The van der Waals surface area contributed by atoms with Crippen LogP contribution < -0.4 is 0 Å². The Morgan fingerprint density at radius 2 is 1.14 bits per heavy atom. The molecule has 0 unspecified atom stereocenters. The summed E-state index contributed by atoms with van der Waals surface area (Å²) in [7, 11) is 0. The van der Waals surface area contributed by atoms with Crippen LogP contribution in [-0.2, 0) is 4.79 Å². The van der Waals surface area contributed by atoms with Gasteiger partial charge in [0, 0.05) is 6.20 Å². The fraction of sp³-hybridized carbons (Fsp3) is 0.842. The van der Waals surface area contributed by atoms with Gasteiger partial charge in [-0.15, -0.1) is 0 Å². The minimum atomic E-state index is 1.03. The number of nitrogens with zero attached hydrogens (tertiary/aromatic N) is 1. The van der Waals surface area contributed by atoms with Gasteiger partial charge in [0.1, 0.15) is 0 Å². The maximum absolute atomic E-state index is 9.82. The first-order chi connectivity index (χ1) is 10.4. The number of allylic oxidation sites excluding steroid dienone is 1. The summed E-state index contributed by atoms with van der Waals surface area (Å²) in [6, 6.07) is 0. The van der Waals surface area contributed by atoms with Gasteiger partial charge in [0.05, 0.1) is 0 Å². The maximum Gasteiger partial charge on any atom is 0.239 e. The van der Waals surface area contributed by atoms with Crippen molar-refractivity contribution in [1.82, 2.24) is 0 Å². The summed E-state index contributed by atoms with van der Waals surface area (Å²) in [6.07, 6.45) is 25.5. The molecule has 122 valence electrons. The Hall–Kier alpha value is -0.880. The Balaban J connectivity index is 3.01. The molecule has 0 aromatic rings. The minimum Gasteiger partial charge on any atom is -0.211 e. The molecule has 0 radical (unpaired) electrons. The molecule has 0 aromatic heterocycles. The van der Waals surface area contributed by atoms with E-state index in [-0.39, 0.29) is 0 Å². The van der Waals surface area contributed by atoms with E-state index in [4.69, 9.17) is 0 Å². The molecule has 2 nitrogen and oxygen atoms in total. The second-order valence-corrected chi connectivity index (χ2v) is 5.99. The van der Waals surface area contributed by atoms with Gasteiger partial charge >= 0.3 is 0 Å². The normalized spacial score (nSPS) is 10.9. The molecule has 0 heterocycles. The molecule has 0 amide bonds. The molecule has 0 fully saturated rings. The lowest BCUT2D eigenvalue weighted by Crippen LogP contribution is -1.83. The van der Waals surface area contributed by atoms with Crippen molar-refractivity contribution in [3.8, 4) is 0 Å². The van der Waals surface area contributed by atoms with Gasteiger partial charge in [-0.05, 0) is 12.8 Å². The zero-order valence-electron chi connectivity index (χ0n) is 14.1. The van der Waals surface area contributed by atoms with Crippen molar-refractivity contribution in [2.45, 2.75) is 103 Å². The average Bonchev–Trinajstić information content (AvgIpc) is 2.50. The lowest BCUT2D eigenvalue weighted by atomic mass is 10.0. The smallest absolute Gasteiger partial charge is 0.211 e. The molecule has 0 aliphatic carbocycles. The molecule has 0 aliphatic rings. The lowest BCUT2D eigenvalue weighted by Gasteiger charge is -2.02. The second-order valence-electron chi connectivity index (χ2n) is 5.99.